The van der Waals surface area contributed by atoms with Gasteiger partial charge in [0.1, 0.15) is 21.4 Å². The van der Waals surface area contributed by atoms with Gasteiger partial charge in [-0.25, -0.2) is 28.3 Å². The van der Waals surface area contributed by atoms with Crippen LogP contribution in [0.4, 0.5) is 17.6 Å². The second-order valence-electron chi connectivity index (χ2n) is 6.93. The summed E-state index contributed by atoms with van der Waals surface area (Å²) in [4.78, 5) is 52.5. The summed E-state index contributed by atoms with van der Waals surface area (Å²) >= 11 is 6.82. The van der Waals surface area contributed by atoms with E-state index in [9.17, 15) is 36.7 Å². The molecule has 0 aliphatic carbocycles. The number of ether oxygens (including phenoxy) is 2. The van der Waals surface area contributed by atoms with Crippen LogP contribution in [0.3, 0.4) is 0 Å². The molecule has 0 spiro atoms. The summed E-state index contributed by atoms with van der Waals surface area (Å²) in [5, 5.41) is -0.189. The maximum absolute atomic E-state index is 14.7. The lowest BCUT2D eigenvalue weighted by Crippen LogP contribution is -2.41. The highest BCUT2D eigenvalue weighted by molar-refractivity contribution is 7.16. The molecule has 0 bridgehead atoms. The molecular weight excluding hydrogens is 522 g/mol. The Bertz CT molecular complexity index is 1450. The van der Waals surface area contributed by atoms with Gasteiger partial charge in [0.2, 0.25) is 0 Å². The van der Waals surface area contributed by atoms with Crippen LogP contribution in [-0.2, 0) is 27.5 Å². The van der Waals surface area contributed by atoms with Crippen molar-refractivity contribution in [3.63, 3.8) is 0 Å². The van der Waals surface area contributed by atoms with Gasteiger partial charge in [0.05, 0.1) is 24.0 Å². The number of benzene rings is 1. The van der Waals surface area contributed by atoms with E-state index in [1.54, 1.807) is 0 Å². The van der Waals surface area contributed by atoms with Gasteiger partial charge in [0.15, 0.2) is 6.10 Å². The maximum Gasteiger partial charge on any atom is 0.431 e. The van der Waals surface area contributed by atoms with Crippen molar-refractivity contribution in [1.82, 2.24) is 14.1 Å². The van der Waals surface area contributed by atoms with E-state index in [0.717, 1.165) is 43.8 Å². The van der Waals surface area contributed by atoms with Crippen LogP contribution >= 0.6 is 22.9 Å². The number of thiazole rings is 1. The smallest absolute Gasteiger partial charge is 0.431 e. The van der Waals surface area contributed by atoms with Gasteiger partial charge in [-0.1, -0.05) is 11.6 Å². The van der Waals surface area contributed by atoms with Gasteiger partial charge in [-0.05, 0) is 19.1 Å². The van der Waals surface area contributed by atoms with E-state index in [2.05, 4.69) is 9.72 Å². The predicted octanol–water partition coefficient (Wildman–Crippen LogP) is 3.19. The lowest BCUT2D eigenvalue weighted by atomic mass is 10.2. The first kappa shape index (κ1) is 26.1. The van der Waals surface area contributed by atoms with E-state index in [1.807, 2.05) is 0 Å². The van der Waals surface area contributed by atoms with Crippen LogP contribution in [0.15, 0.2) is 34.0 Å². The minimum absolute atomic E-state index is 0.0259. The molecule has 0 fully saturated rings. The molecule has 9 nitrogen and oxygen atoms in total. The zero-order chi connectivity index (χ0) is 26.2. The van der Waals surface area contributed by atoms with Crippen molar-refractivity contribution in [2.75, 3.05) is 7.11 Å². The lowest BCUT2D eigenvalue weighted by molar-refractivity contribution is -0.149. The Morgan fingerprint density at radius 1 is 1.20 bits per heavy atom. The van der Waals surface area contributed by atoms with Crippen molar-refractivity contribution in [2.45, 2.75) is 19.2 Å². The van der Waals surface area contributed by atoms with Crippen LogP contribution in [0.1, 0.15) is 22.3 Å². The fourth-order valence-corrected chi connectivity index (χ4v) is 4.04. The molecule has 35 heavy (non-hydrogen) atoms. The second kappa shape index (κ2) is 9.62. The Labute approximate surface area is 202 Å². The fraction of sp³-hybridized carbons (Fsp3) is 0.250. The standard InChI is InChI=1S/C20H14ClF4N3O6S/c1-8(17(30)33-3)34-18(31)13-7-26-16(35-13)9-4-12(11(22)5-10(9)21)28-15(29)6-14(20(23,24)25)27(2)19(28)32/h4-8H,1-3H3. The Hall–Kier alpha value is -3.52. The SMILES string of the molecule is COC(=O)C(C)OC(=O)c1cnc(-c2cc(-n3c(=O)cc(C(F)(F)F)n(C)c3=O)c(F)cc2Cl)s1. The molecule has 3 rings (SSSR count). The molecule has 2 aromatic heterocycles. The molecule has 3 aromatic rings. The van der Waals surface area contributed by atoms with Crippen LogP contribution in [0.5, 0.6) is 0 Å². The number of hydrogen-bond acceptors (Lipinski definition) is 8. The zero-order valence-corrected chi connectivity index (χ0v) is 19.5. The number of hydrogen-bond donors (Lipinski definition) is 0. The predicted molar refractivity (Wildman–Crippen MR) is 115 cm³/mol. The molecule has 0 aliphatic rings. The highest BCUT2D eigenvalue weighted by Crippen LogP contribution is 2.34. The number of nitrogens with zero attached hydrogens (tertiary/aromatic N) is 3. The zero-order valence-electron chi connectivity index (χ0n) is 18.0. The summed E-state index contributed by atoms with van der Waals surface area (Å²) in [5.41, 5.74) is -5.09. The highest BCUT2D eigenvalue weighted by atomic mass is 35.5. The summed E-state index contributed by atoms with van der Waals surface area (Å²) in [6.07, 6.45) is -5.11. The fourth-order valence-electron chi connectivity index (χ4n) is 2.92. The average molecular weight is 536 g/mol. The van der Waals surface area contributed by atoms with Crippen LogP contribution in [-0.4, -0.2) is 39.3 Å². The molecule has 0 saturated heterocycles. The van der Waals surface area contributed by atoms with Gasteiger partial charge >= 0.3 is 23.8 Å². The quantitative estimate of drug-likeness (QED) is 0.364. The number of esters is 2. The third kappa shape index (κ3) is 5.12. The molecule has 0 N–H and O–H groups in total. The monoisotopic (exact) mass is 535 g/mol. The second-order valence-corrected chi connectivity index (χ2v) is 8.36. The Balaban J connectivity index is 2.08. The molecule has 15 heteroatoms. The van der Waals surface area contributed by atoms with E-state index >= 15 is 0 Å². The summed E-state index contributed by atoms with van der Waals surface area (Å²) < 4.78 is 63.8. The normalized spacial score (nSPS) is 12.3. The topological polar surface area (TPSA) is 109 Å². The van der Waals surface area contributed by atoms with E-state index < -0.39 is 52.7 Å². The number of methoxy groups -OCH3 is 1. The molecule has 1 unspecified atom stereocenters. The van der Waals surface area contributed by atoms with E-state index in [0.29, 0.717) is 0 Å². The molecule has 2 heterocycles. The largest absolute Gasteiger partial charge is 0.466 e. The molecular formula is C20H14ClF4N3O6S. The Morgan fingerprint density at radius 3 is 2.46 bits per heavy atom. The van der Waals surface area contributed by atoms with Gasteiger partial charge in [-0.3, -0.25) is 9.36 Å². The summed E-state index contributed by atoms with van der Waals surface area (Å²) in [5.74, 6) is -2.88. The third-order valence-electron chi connectivity index (χ3n) is 4.64. The van der Waals surface area contributed by atoms with Gasteiger partial charge in [0, 0.05) is 18.7 Å². The molecule has 1 aromatic carbocycles. The summed E-state index contributed by atoms with van der Waals surface area (Å²) in [6, 6.07) is 1.85. The van der Waals surface area contributed by atoms with E-state index in [4.69, 9.17) is 16.3 Å². The van der Waals surface area contributed by atoms with Crippen molar-refractivity contribution in [2.24, 2.45) is 7.05 Å². The third-order valence-corrected chi connectivity index (χ3v) is 5.97. The number of halogens is 5. The van der Waals surface area contributed by atoms with Gasteiger partial charge in [-0.2, -0.15) is 13.2 Å². The van der Waals surface area contributed by atoms with E-state index in [-0.39, 0.29) is 35.7 Å². The van der Waals surface area contributed by atoms with Gasteiger partial charge < -0.3 is 9.47 Å². The van der Waals surface area contributed by atoms with Crippen molar-refractivity contribution in [3.05, 3.63) is 66.6 Å². The van der Waals surface area contributed by atoms with Crippen molar-refractivity contribution < 1.29 is 36.6 Å². The number of aromatic nitrogens is 3. The highest BCUT2D eigenvalue weighted by Gasteiger charge is 2.35. The first-order valence-electron chi connectivity index (χ1n) is 9.41. The van der Waals surface area contributed by atoms with Crippen LogP contribution in [0, 0.1) is 5.82 Å². The number of carbonyl (C=O) groups excluding carboxylic acids is 2. The Kier molecular flexibility index (Phi) is 7.17. The number of alkyl halides is 3. The average Bonchev–Trinajstić information content (AvgIpc) is 3.26. The van der Waals surface area contributed by atoms with Crippen molar-refractivity contribution >= 4 is 34.9 Å². The van der Waals surface area contributed by atoms with Crippen molar-refractivity contribution in [1.29, 1.82) is 0 Å². The van der Waals surface area contributed by atoms with Crippen LogP contribution < -0.4 is 11.2 Å². The molecule has 1 atom stereocenters. The maximum atomic E-state index is 14.7. The summed E-state index contributed by atoms with van der Waals surface area (Å²) in [6.45, 7) is 1.29. The lowest BCUT2D eigenvalue weighted by Gasteiger charge is -2.15. The number of carbonyl (C=O) groups is 2. The molecule has 0 aliphatic heterocycles. The van der Waals surface area contributed by atoms with Gasteiger partial charge in [0.25, 0.3) is 5.56 Å². The minimum atomic E-state index is -4.99. The first-order chi connectivity index (χ1) is 16.3. The molecule has 186 valence electrons. The summed E-state index contributed by atoms with van der Waals surface area (Å²) in [7, 11) is 1.89. The minimum Gasteiger partial charge on any atom is -0.466 e. The van der Waals surface area contributed by atoms with Crippen LogP contribution in [0.2, 0.25) is 5.02 Å². The Morgan fingerprint density at radius 2 is 1.86 bits per heavy atom. The molecule has 0 saturated carbocycles. The molecule has 0 radical (unpaired) electrons. The molecule has 0 amide bonds. The van der Waals surface area contributed by atoms with Crippen LogP contribution in [0.25, 0.3) is 16.3 Å². The van der Waals surface area contributed by atoms with Crippen molar-refractivity contribution in [3.8, 4) is 16.3 Å². The first-order valence-corrected chi connectivity index (χ1v) is 10.6. The number of rotatable bonds is 5. The van der Waals surface area contributed by atoms with Gasteiger partial charge in [-0.15, -0.1) is 11.3 Å². The van der Waals surface area contributed by atoms with E-state index in [1.165, 1.54) is 6.92 Å².